The molecule has 0 N–H and O–H groups in total. The van der Waals surface area contributed by atoms with Crippen LogP contribution in [0.25, 0.3) is 0 Å². The van der Waals surface area contributed by atoms with E-state index in [9.17, 15) is 4.79 Å². The predicted octanol–water partition coefficient (Wildman–Crippen LogP) is 2.32. The molecule has 0 aromatic heterocycles. The molecule has 1 aliphatic heterocycles. The van der Waals surface area contributed by atoms with Crippen molar-refractivity contribution < 1.29 is 4.79 Å². The average Bonchev–Trinajstić information content (AvgIpc) is 2.33. The smallest absolute Gasteiger partial charge is 0.219 e. The number of piperazine rings is 1. The highest BCUT2D eigenvalue weighted by Crippen LogP contribution is 2.23. The normalized spacial score (nSPS) is 16.2. The number of carbonyl (C=O) groups excluding carboxylic acids is 1. The van der Waals surface area contributed by atoms with Gasteiger partial charge in [-0.1, -0.05) is 17.7 Å². The first-order valence-corrected chi connectivity index (χ1v) is 6.22. The third-order valence-electron chi connectivity index (χ3n) is 3.25. The molecule has 1 aromatic carbocycles. The second-order valence-corrected chi connectivity index (χ2v) is 4.83. The number of halogens is 1. The topological polar surface area (TPSA) is 23.6 Å². The Morgan fingerprint density at radius 1 is 1.24 bits per heavy atom. The summed E-state index contributed by atoms with van der Waals surface area (Å²) in [5.74, 6) is 0.159. The summed E-state index contributed by atoms with van der Waals surface area (Å²) < 4.78 is 0. The first kappa shape index (κ1) is 12.2. The van der Waals surface area contributed by atoms with Crippen LogP contribution < -0.4 is 4.90 Å². The molecule has 3 nitrogen and oxygen atoms in total. The molecule has 0 atom stereocenters. The Balaban J connectivity index is 2.05. The molecule has 0 saturated carbocycles. The standard InChI is InChI=1S/C13H17ClN2O/c1-10-3-4-12(9-13(10)14)16-7-5-15(6-8-16)11(2)17/h3-4,9H,5-8H2,1-2H3. The van der Waals surface area contributed by atoms with Crippen LogP contribution in [0.4, 0.5) is 5.69 Å². The van der Waals surface area contributed by atoms with E-state index in [2.05, 4.69) is 11.0 Å². The van der Waals surface area contributed by atoms with Gasteiger partial charge in [-0.15, -0.1) is 0 Å². The van der Waals surface area contributed by atoms with Gasteiger partial charge in [-0.05, 0) is 24.6 Å². The van der Waals surface area contributed by atoms with Crippen molar-refractivity contribution in [1.82, 2.24) is 4.90 Å². The predicted molar refractivity (Wildman–Crippen MR) is 70.7 cm³/mol. The van der Waals surface area contributed by atoms with Gasteiger partial charge < -0.3 is 9.80 Å². The zero-order valence-electron chi connectivity index (χ0n) is 10.2. The molecule has 1 fully saturated rings. The number of hydrogen-bond acceptors (Lipinski definition) is 2. The van der Waals surface area contributed by atoms with E-state index < -0.39 is 0 Å². The monoisotopic (exact) mass is 252 g/mol. The maximum absolute atomic E-state index is 11.2. The van der Waals surface area contributed by atoms with Gasteiger partial charge >= 0.3 is 0 Å². The summed E-state index contributed by atoms with van der Waals surface area (Å²) in [7, 11) is 0. The fraction of sp³-hybridized carbons (Fsp3) is 0.462. The van der Waals surface area contributed by atoms with Gasteiger partial charge in [-0.2, -0.15) is 0 Å². The van der Waals surface area contributed by atoms with Crippen LogP contribution in [0.15, 0.2) is 18.2 Å². The van der Waals surface area contributed by atoms with Crippen LogP contribution in [0, 0.1) is 6.92 Å². The van der Waals surface area contributed by atoms with Crippen molar-refractivity contribution >= 4 is 23.2 Å². The summed E-state index contributed by atoms with van der Waals surface area (Å²) in [6, 6.07) is 6.12. The SMILES string of the molecule is CC(=O)N1CCN(c2ccc(C)c(Cl)c2)CC1. The summed E-state index contributed by atoms with van der Waals surface area (Å²) in [5.41, 5.74) is 2.24. The Morgan fingerprint density at radius 2 is 1.88 bits per heavy atom. The van der Waals surface area contributed by atoms with E-state index in [1.54, 1.807) is 6.92 Å². The van der Waals surface area contributed by atoms with Crippen LogP contribution in [0.2, 0.25) is 5.02 Å². The molecule has 1 amide bonds. The van der Waals surface area contributed by atoms with Crippen molar-refractivity contribution in [2.45, 2.75) is 13.8 Å². The minimum Gasteiger partial charge on any atom is -0.368 e. The average molecular weight is 253 g/mol. The highest BCUT2D eigenvalue weighted by Gasteiger charge is 2.18. The van der Waals surface area contributed by atoms with E-state index in [0.29, 0.717) is 0 Å². The second-order valence-electron chi connectivity index (χ2n) is 4.43. The Morgan fingerprint density at radius 3 is 2.41 bits per heavy atom. The van der Waals surface area contributed by atoms with Gasteiger partial charge in [0, 0.05) is 43.8 Å². The van der Waals surface area contributed by atoms with E-state index in [1.165, 1.54) is 0 Å². The van der Waals surface area contributed by atoms with Crippen LogP contribution in [-0.2, 0) is 4.79 Å². The van der Waals surface area contributed by atoms with E-state index in [1.807, 2.05) is 24.0 Å². The lowest BCUT2D eigenvalue weighted by atomic mass is 10.2. The van der Waals surface area contributed by atoms with Crippen molar-refractivity contribution in [3.8, 4) is 0 Å². The third-order valence-corrected chi connectivity index (χ3v) is 3.65. The van der Waals surface area contributed by atoms with Crippen molar-refractivity contribution in [2.24, 2.45) is 0 Å². The maximum atomic E-state index is 11.2. The summed E-state index contributed by atoms with van der Waals surface area (Å²) in [6.45, 7) is 6.96. The molecule has 4 heteroatoms. The van der Waals surface area contributed by atoms with Gasteiger partial charge in [0.25, 0.3) is 0 Å². The van der Waals surface area contributed by atoms with Crippen molar-refractivity contribution in [1.29, 1.82) is 0 Å². The number of hydrogen-bond donors (Lipinski definition) is 0. The molecule has 0 unspecified atom stereocenters. The van der Waals surface area contributed by atoms with Crippen LogP contribution in [0.5, 0.6) is 0 Å². The van der Waals surface area contributed by atoms with Crippen LogP contribution in [0.1, 0.15) is 12.5 Å². The summed E-state index contributed by atoms with van der Waals surface area (Å²) in [6.07, 6.45) is 0. The molecule has 1 heterocycles. The molecule has 0 radical (unpaired) electrons. The quantitative estimate of drug-likeness (QED) is 0.766. The number of nitrogens with zero attached hydrogens (tertiary/aromatic N) is 2. The van der Waals surface area contributed by atoms with Gasteiger partial charge in [0.05, 0.1) is 0 Å². The largest absolute Gasteiger partial charge is 0.368 e. The Bertz CT molecular complexity index is 425. The fourth-order valence-corrected chi connectivity index (χ4v) is 2.23. The van der Waals surface area contributed by atoms with Gasteiger partial charge in [-0.25, -0.2) is 0 Å². The second kappa shape index (κ2) is 4.96. The minimum absolute atomic E-state index is 0.159. The highest BCUT2D eigenvalue weighted by molar-refractivity contribution is 6.31. The highest BCUT2D eigenvalue weighted by atomic mass is 35.5. The Hall–Kier alpha value is -1.22. The first-order chi connectivity index (χ1) is 8.08. The lowest BCUT2D eigenvalue weighted by Crippen LogP contribution is -2.48. The van der Waals surface area contributed by atoms with E-state index in [-0.39, 0.29) is 5.91 Å². The fourth-order valence-electron chi connectivity index (χ4n) is 2.06. The molecule has 1 aliphatic rings. The lowest BCUT2D eigenvalue weighted by molar-refractivity contribution is -0.129. The van der Waals surface area contributed by atoms with Crippen molar-refractivity contribution in [2.75, 3.05) is 31.1 Å². The number of carbonyl (C=O) groups is 1. The van der Waals surface area contributed by atoms with Crippen LogP contribution >= 0.6 is 11.6 Å². The molecular formula is C13H17ClN2O. The first-order valence-electron chi connectivity index (χ1n) is 5.84. The molecule has 1 aromatic rings. The molecule has 0 spiro atoms. The minimum atomic E-state index is 0.159. The van der Waals surface area contributed by atoms with Gasteiger partial charge in [0.1, 0.15) is 0 Å². The molecule has 0 aliphatic carbocycles. The van der Waals surface area contributed by atoms with Crippen LogP contribution in [-0.4, -0.2) is 37.0 Å². The Kier molecular flexibility index (Phi) is 3.57. The zero-order valence-corrected chi connectivity index (χ0v) is 11.0. The maximum Gasteiger partial charge on any atom is 0.219 e. The number of aryl methyl sites for hydroxylation is 1. The van der Waals surface area contributed by atoms with Gasteiger partial charge in [0.15, 0.2) is 0 Å². The van der Waals surface area contributed by atoms with Crippen LogP contribution in [0.3, 0.4) is 0 Å². The van der Waals surface area contributed by atoms with E-state index in [4.69, 9.17) is 11.6 Å². The van der Waals surface area contributed by atoms with Crippen molar-refractivity contribution in [3.63, 3.8) is 0 Å². The van der Waals surface area contributed by atoms with Crippen molar-refractivity contribution in [3.05, 3.63) is 28.8 Å². The summed E-state index contributed by atoms with van der Waals surface area (Å²) >= 11 is 6.12. The molecule has 17 heavy (non-hydrogen) atoms. The molecule has 2 rings (SSSR count). The third kappa shape index (κ3) is 2.72. The number of amides is 1. The summed E-state index contributed by atoms with van der Waals surface area (Å²) in [5, 5.41) is 0.802. The van der Waals surface area contributed by atoms with E-state index in [0.717, 1.165) is 42.5 Å². The molecule has 1 saturated heterocycles. The molecule has 0 bridgehead atoms. The number of benzene rings is 1. The Labute approximate surface area is 107 Å². The van der Waals surface area contributed by atoms with Gasteiger partial charge in [0.2, 0.25) is 5.91 Å². The van der Waals surface area contributed by atoms with Gasteiger partial charge in [-0.3, -0.25) is 4.79 Å². The lowest BCUT2D eigenvalue weighted by Gasteiger charge is -2.35. The number of anilines is 1. The summed E-state index contributed by atoms with van der Waals surface area (Å²) in [4.78, 5) is 15.4. The zero-order chi connectivity index (χ0) is 12.4. The number of rotatable bonds is 1. The molecular weight excluding hydrogens is 236 g/mol. The van der Waals surface area contributed by atoms with E-state index >= 15 is 0 Å². The molecule has 92 valence electrons.